The molecule has 1 aliphatic carbocycles. The first-order chi connectivity index (χ1) is 20.3. The molecule has 0 spiro atoms. The van der Waals surface area contributed by atoms with Gasteiger partial charge in [0.2, 0.25) is 11.0 Å². The zero-order valence-corrected chi connectivity index (χ0v) is 24.7. The summed E-state index contributed by atoms with van der Waals surface area (Å²) < 4.78 is 7.10. The average Bonchev–Trinajstić information content (AvgIpc) is 3.67. The van der Waals surface area contributed by atoms with Crippen molar-refractivity contribution in [2.24, 2.45) is 17.3 Å². The Kier molecular flexibility index (Phi) is 6.59. The number of nitrogens with one attached hydrogen (secondary N) is 2. The van der Waals surface area contributed by atoms with Crippen molar-refractivity contribution < 1.29 is 9.53 Å². The fourth-order valence-corrected chi connectivity index (χ4v) is 7.27. The van der Waals surface area contributed by atoms with Gasteiger partial charge in [-0.3, -0.25) is 9.78 Å². The minimum atomic E-state index is -0.387. The molecule has 2 aliphatic heterocycles. The number of nitriles is 1. The highest BCUT2D eigenvalue weighted by Crippen LogP contribution is 2.42. The zero-order valence-electron chi connectivity index (χ0n) is 23.9. The fraction of sp³-hybridized carbons (Fsp3) is 0.467. The van der Waals surface area contributed by atoms with Gasteiger partial charge in [0.05, 0.1) is 52.9 Å². The molecule has 0 aromatic carbocycles. The maximum Gasteiger partial charge on any atom is 0.230 e. The van der Waals surface area contributed by atoms with Crippen molar-refractivity contribution >= 4 is 33.6 Å². The lowest BCUT2D eigenvalue weighted by molar-refractivity contribution is -0.159. The van der Waals surface area contributed by atoms with E-state index in [1.165, 1.54) is 0 Å². The smallest absolute Gasteiger partial charge is 0.230 e. The van der Waals surface area contributed by atoms with Gasteiger partial charge in [0.25, 0.3) is 0 Å². The number of hydrogen-bond donors (Lipinski definition) is 2. The van der Waals surface area contributed by atoms with Gasteiger partial charge in [-0.05, 0) is 69.7 Å². The van der Waals surface area contributed by atoms with Crippen LogP contribution in [0.2, 0.25) is 0 Å². The SMILES string of the molecule is CC(C)Nc1cc(-c2ccc3cc(C#N)cnn23)ncc1-c1nnc(N2C[C@H]3CC[C@@H](C2)[C@@H]3NC(=O)C2(C)COC2)s1. The van der Waals surface area contributed by atoms with Gasteiger partial charge in [0.1, 0.15) is 6.07 Å². The number of carbonyl (C=O) groups is 1. The number of pyridine rings is 1. The van der Waals surface area contributed by atoms with E-state index in [4.69, 9.17) is 9.72 Å². The Morgan fingerprint density at radius 3 is 2.64 bits per heavy atom. The molecular formula is C30H33N9O2S. The molecule has 6 heterocycles. The van der Waals surface area contributed by atoms with Crippen LogP contribution < -0.4 is 15.5 Å². The summed E-state index contributed by atoms with van der Waals surface area (Å²) in [5, 5.41) is 31.5. The van der Waals surface area contributed by atoms with E-state index in [9.17, 15) is 10.1 Å². The van der Waals surface area contributed by atoms with Crippen LogP contribution in [0.15, 0.2) is 36.7 Å². The van der Waals surface area contributed by atoms with Crippen molar-refractivity contribution in [2.45, 2.75) is 45.7 Å². The number of carbonyl (C=O) groups excluding carboxylic acids is 1. The van der Waals surface area contributed by atoms with Gasteiger partial charge < -0.3 is 20.3 Å². The molecule has 4 aromatic heterocycles. The summed E-state index contributed by atoms with van der Waals surface area (Å²) >= 11 is 1.58. The normalized spacial score (nSPS) is 22.6. The van der Waals surface area contributed by atoms with E-state index >= 15 is 0 Å². The third kappa shape index (κ3) is 4.66. The third-order valence-electron chi connectivity index (χ3n) is 8.68. The van der Waals surface area contributed by atoms with Crippen LogP contribution in [0.3, 0.4) is 0 Å². The average molecular weight is 584 g/mol. The molecule has 1 saturated carbocycles. The van der Waals surface area contributed by atoms with E-state index in [1.54, 1.807) is 22.0 Å². The van der Waals surface area contributed by atoms with Crippen LogP contribution in [0.1, 0.15) is 39.2 Å². The van der Waals surface area contributed by atoms with Gasteiger partial charge in [0.15, 0.2) is 5.01 Å². The standard InChI is InChI=1S/C30H33N9O2S/c1-17(2)34-23-9-24(25-7-6-21-8-18(10-31)11-33-39(21)25)32-12-22(23)27-36-37-29(42-27)38-13-19-4-5-20(14-38)26(19)35-28(40)30(3)15-41-16-30/h6-9,11-12,17,19-20,26H,4-5,13-16H2,1-3H3,(H,32,34)(H,35,40)/t19-,20+,26-. The van der Waals surface area contributed by atoms with E-state index in [-0.39, 0.29) is 23.4 Å². The maximum absolute atomic E-state index is 12.9. The van der Waals surface area contributed by atoms with E-state index in [0.717, 1.165) is 64.2 Å². The molecule has 216 valence electrons. The Labute approximate surface area is 247 Å². The second kappa shape index (κ2) is 10.3. The minimum Gasteiger partial charge on any atom is -0.382 e. The number of fused-ring (bicyclic) bond motifs is 3. The zero-order chi connectivity index (χ0) is 29.0. The molecule has 2 bridgehead atoms. The van der Waals surface area contributed by atoms with Gasteiger partial charge in [-0.15, -0.1) is 10.2 Å². The van der Waals surface area contributed by atoms with Gasteiger partial charge >= 0.3 is 0 Å². The Balaban J connectivity index is 1.12. The molecule has 11 nitrogen and oxygen atoms in total. The van der Waals surface area contributed by atoms with Crippen LogP contribution in [0.5, 0.6) is 0 Å². The highest BCUT2D eigenvalue weighted by atomic mass is 32.1. The van der Waals surface area contributed by atoms with Gasteiger partial charge in [-0.1, -0.05) is 11.3 Å². The van der Waals surface area contributed by atoms with Crippen molar-refractivity contribution in [1.82, 2.24) is 30.1 Å². The highest BCUT2D eigenvalue weighted by Gasteiger charge is 2.47. The molecule has 3 aliphatic rings. The molecular weight excluding hydrogens is 550 g/mol. The topological polar surface area (TPSA) is 133 Å². The largest absolute Gasteiger partial charge is 0.382 e. The van der Waals surface area contributed by atoms with Crippen LogP contribution in [-0.2, 0) is 9.53 Å². The molecule has 4 aromatic rings. The Bertz CT molecular complexity index is 1690. The molecule has 3 atom stereocenters. The van der Waals surface area contributed by atoms with Crippen LogP contribution in [0.25, 0.3) is 27.5 Å². The number of piperidine rings is 1. The summed E-state index contributed by atoms with van der Waals surface area (Å²) in [6.07, 6.45) is 5.64. The number of aromatic nitrogens is 5. The minimum absolute atomic E-state index is 0.124. The van der Waals surface area contributed by atoms with Gasteiger partial charge in [-0.25, -0.2) is 4.52 Å². The van der Waals surface area contributed by atoms with E-state index < -0.39 is 0 Å². The fourth-order valence-electron chi connectivity index (χ4n) is 6.38. The number of rotatable bonds is 7. The first-order valence-electron chi connectivity index (χ1n) is 14.4. The van der Waals surface area contributed by atoms with Crippen molar-refractivity contribution in [1.29, 1.82) is 5.26 Å². The van der Waals surface area contributed by atoms with E-state index in [0.29, 0.717) is 30.6 Å². The highest BCUT2D eigenvalue weighted by molar-refractivity contribution is 7.18. The summed E-state index contributed by atoms with van der Waals surface area (Å²) in [4.78, 5) is 20.0. The predicted octanol–water partition coefficient (Wildman–Crippen LogP) is 3.97. The van der Waals surface area contributed by atoms with Gasteiger partial charge in [0, 0.05) is 37.1 Å². The van der Waals surface area contributed by atoms with Crippen LogP contribution in [0.4, 0.5) is 10.8 Å². The Morgan fingerprint density at radius 1 is 1.17 bits per heavy atom. The summed E-state index contributed by atoms with van der Waals surface area (Å²) in [5.41, 5.74) is 4.41. The first kappa shape index (κ1) is 26.8. The molecule has 42 heavy (non-hydrogen) atoms. The lowest BCUT2D eigenvalue weighted by Crippen LogP contribution is -2.59. The van der Waals surface area contributed by atoms with Crippen LogP contribution in [-0.4, -0.2) is 69.1 Å². The molecule has 12 heteroatoms. The monoisotopic (exact) mass is 583 g/mol. The molecule has 2 saturated heterocycles. The van der Waals surface area contributed by atoms with E-state index in [2.05, 4.69) is 50.7 Å². The second-order valence-electron chi connectivity index (χ2n) is 12.3. The van der Waals surface area contributed by atoms with E-state index in [1.807, 2.05) is 37.4 Å². The number of nitrogens with zero attached hydrogens (tertiary/aromatic N) is 7. The Morgan fingerprint density at radius 2 is 1.95 bits per heavy atom. The van der Waals surface area contributed by atoms with Crippen molar-refractivity contribution in [3.05, 3.63) is 42.2 Å². The number of ether oxygens (including phenoxy) is 1. The van der Waals surface area contributed by atoms with Crippen LogP contribution in [0, 0.1) is 28.6 Å². The van der Waals surface area contributed by atoms with Crippen molar-refractivity contribution in [3.8, 4) is 28.0 Å². The summed E-state index contributed by atoms with van der Waals surface area (Å²) in [7, 11) is 0. The molecule has 0 unspecified atom stereocenters. The molecule has 7 rings (SSSR count). The summed E-state index contributed by atoms with van der Waals surface area (Å²) in [5.74, 6) is 0.927. The quantitative estimate of drug-likeness (QED) is 0.331. The Hall–Kier alpha value is -4.08. The molecule has 1 amide bonds. The van der Waals surface area contributed by atoms with Crippen molar-refractivity contribution in [2.75, 3.05) is 36.5 Å². The van der Waals surface area contributed by atoms with Crippen LogP contribution >= 0.6 is 11.3 Å². The molecule has 0 radical (unpaired) electrons. The maximum atomic E-state index is 12.9. The molecule has 2 N–H and O–H groups in total. The number of hydrogen-bond acceptors (Lipinski definition) is 10. The second-order valence-corrected chi connectivity index (χ2v) is 13.2. The summed E-state index contributed by atoms with van der Waals surface area (Å²) in [6.45, 7) is 8.92. The number of amides is 1. The third-order valence-corrected chi connectivity index (χ3v) is 9.69. The van der Waals surface area contributed by atoms with Crippen molar-refractivity contribution in [3.63, 3.8) is 0 Å². The first-order valence-corrected chi connectivity index (χ1v) is 15.3. The summed E-state index contributed by atoms with van der Waals surface area (Å²) in [6, 6.07) is 10.3. The lowest BCUT2D eigenvalue weighted by atomic mass is 9.85. The predicted molar refractivity (Wildman–Crippen MR) is 160 cm³/mol. The lowest BCUT2D eigenvalue weighted by Gasteiger charge is -2.42. The number of anilines is 2. The molecule has 3 fully saturated rings. The van der Waals surface area contributed by atoms with Gasteiger partial charge in [-0.2, -0.15) is 10.4 Å².